The number of hydrogen-bond donors (Lipinski definition) is 1. The lowest BCUT2D eigenvalue weighted by Gasteiger charge is -2.30. The number of rotatable bonds is 6. The molecule has 0 spiro atoms. The molecule has 0 unspecified atom stereocenters. The second-order valence-corrected chi connectivity index (χ2v) is 10.6. The van der Waals surface area contributed by atoms with Crippen LogP contribution in [-0.4, -0.2) is 38.3 Å². The fourth-order valence-corrected chi connectivity index (χ4v) is 6.42. The van der Waals surface area contributed by atoms with Crippen molar-refractivity contribution in [2.24, 2.45) is 5.92 Å². The van der Waals surface area contributed by atoms with E-state index in [4.69, 9.17) is 0 Å². The summed E-state index contributed by atoms with van der Waals surface area (Å²) in [6.07, 6.45) is 3.37. The quantitative estimate of drug-likeness (QED) is 0.805. The molecule has 1 aliphatic heterocycles. The SMILES string of the molecule is O=C(NCC1(c2ccccc2)CC1)C1CCN(S(=O)(=O)c2cccs2)CC1. The maximum atomic E-state index is 12.6. The number of piperidine rings is 1. The first kappa shape index (κ1) is 18.7. The Morgan fingerprint density at radius 1 is 1.11 bits per heavy atom. The fourth-order valence-electron chi connectivity index (χ4n) is 3.81. The summed E-state index contributed by atoms with van der Waals surface area (Å²) in [5.74, 6) is -0.0447. The second-order valence-electron chi connectivity index (χ2n) is 7.47. The molecule has 0 atom stereocenters. The van der Waals surface area contributed by atoms with Gasteiger partial charge in [-0.25, -0.2) is 8.42 Å². The van der Waals surface area contributed by atoms with E-state index >= 15 is 0 Å². The minimum absolute atomic E-state index is 0.0605. The van der Waals surface area contributed by atoms with Crippen molar-refractivity contribution in [3.05, 3.63) is 53.4 Å². The summed E-state index contributed by atoms with van der Waals surface area (Å²) in [5, 5.41) is 4.90. The molecule has 1 aromatic heterocycles. The molecule has 1 saturated heterocycles. The molecule has 0 bridgehead atoms. The first-order chi connectivity index (χ1) is 13.0. The molecule has 1 aromatic carbocycles. The van der Waals surface area contributed by atoms with Crippen LogP contribution >= 0.6 is 11.3 Å². The molecule has 144 valence electrons. The number of thiophene rings is 1. The van der Waals surface area contributed by atoms with E-state index in [0.29, 0.717) is 36.7 Å². The van der Waals surface area contributed by atoms with Gasteiger partial charge in [0.15, 0.2) is 0 Å². The summed E-state index contributed by atoms with van der Waals surface area (Å²) in [6, 6.07) is 13.7. The molecule has 2 aromatic rings. The zero-order valence-corrected chi connectivity index (χ0v) is 16.8. The van der Waals surface area contributed by atoms with E-state index in [0.717, 1.165) is 12.8 Å². The molecule has 2 fully saturated rings. The predicted octanol–water partition coefficient (Wildman–Crippen LogP) is 3.00. The zero-order chi connectivity index (χ0) is 18.9. The number of carbonyl (C=O) groups excluding carboxylic acids is 1. The van der Waals surface area contributed by atoms with Crippen molar-refractivity contribution < 1.29 is 13.2 Å². The summed E-state index contributed by atoms with van der Waals surface area (Å²) in [4.78, 5) is 12.6. The van der Waals surface area contributed by atoms with E-state index in [-0.39, 0.29) is 17.2 Å². The second kappa shape index (κ2) is 7.37. The van der Waals surface area contributed by atoms with E-state index in [9.17, 15) is 13.2 Å². The lowest BCUT2D eigenvalue weighted by molar-refractivity contribution is -0.126. The third kappa shape index (κ3) is 3.81. The number of nitrogens with zero attached hydrogens (tertiary/aromatic N) is 1. The van der Waals surface area contributed by atoms with Gasteiger partial charge in [0.1, 0.15) is 4.21 Å². The van der Waals surface area contributed by atoms with E-state index in [1.165, 1.54) is 21.2 Å². The van der Waals surface area contributed by atoms with E-state index in [2.05, 4.69) is 17.4 Å². The van der Waals surface area contributed by atoms with Gasteiger partial charge < -0.3 is 5.32 Å². The molecule has 2 heterocycles. The Hall–Kier alpha value is -1.70. The van der Waals surface area contributed by atoms with Crippen molar-refractivity contribution in [2.45, 2.75) is 35.3 Å². The van der Waals surface area contributed by atoms with Gasteiger partial charge in [0.25, 0.3) is 10.0 Å². The van der Waals surface area contributed by atoms with Gasteiger partial charge in [-0.3, -0.25) is 4.79 Å². The van der Waals surface area contributed by atoms with Crippen LogP contribution in [0.25, 0.3) is 0 Å². The van der Waals surface area contributed by atoms with Gasteiger partial charge in [0, 0.05) is 31.0 Å². The van der Waals surface area contributed by atoms with Crippen LogP contribution in [0.1, 0.15) is 31.2 Å². The lowest BCUT2D eigenvalue weighted by atomic mass is 9.94. The summed E-state index contributed by atoms with van der Waals surface area (Å²) in [7, 11) is -3.41. The Morgan fingerprint density at radius 2 is 1.81 bits per heavy atom. The molecule has 5 nitrogen and oxygen atoms in total. The zero-order valence-electron chi connectivity index (χ0n) is 15.1. The first-order valence-electron chi connectivity index (χ1n) is 9.38. The van der Waals surface area contributed by atoms with Crippen molar-refractivity contribution in [1.82, 2.24) is 9.62 Å². The average molecular weight is 405 g/mol. The third-order valence-corrected chi connectivity index (χ3v) is 9.03. The number of sulfonamides is 1. The molecular formula is C20H24N2O3S2. The van der Waals surface area contributed by atoms with Crippen LogP contribution in [0.3, 0.4) is 0 Å². The first-order valence-corrected chi connectivity index (χ1v) is 11.7. The third-order valence-electron chi connectivity index (χ3n) is 5.75. The Labute approximate surface area is 164 Å². The standard InChI is InChI=1S/C20H24N2O3S2/c23-19(21-15-20(10-11-20)17-5-2-1-3-6-17)16-8-12-22(13-9-16)27(24,25)18-7-4-14-26-18/h1-7,14,16H,8-13,15H2,(H,21,23). The Kier molecular flexibility index (Phi) is 5.09. The summed E-state index contributed by atoms with van der Waals surface area (Å²) in [6.45, 7) is 1.48. The van der Waals surface area contributed by atoms with Crippen molar-refractivity contribution >= 4 is 27.3 Å². The van der Waals surface area contributed by atoms with Gasteiger partial charge in [-0.05, 0) is 42.7 Å². The number of nitrogens with one attached hydrogen (secondary N) is 1. The molecular weight excluding hydrogens is 380 g/mol. The van der Waals surface area contributed by atoms with Crippen LogP contribution in [0.4, 0.5) is 0 Å². The molecule has 1 N–H and O–H groups in total. The van der Waals surface area contributed by atoms with Crippen LogP contribution < -0.4 is 5.32 Å². The minimum atomic E-state index is -3.41. The van der Waals surface area contributed by atoms with Crippen LogP contribution in [0, 0.1) is 5.92 Å². The molecule has 1 aliphatic carbocycles. The maximum absolute atomic E-state index is 12.6. The molecule has 27 heavy (non-hydrogen) atoms. The lowest BCUT2D eigenvalue weighted by Crippen LogP contribution is -2.44. The largest absolute Gasteiger partial charge is 0.355 e. The van der Waals surface area contributed by atoms with Gasteiger partial charge >= 0.3 is 0 Å². The van der Waals surface area contributed by atoms with Gasteiger partial charge in [-0.1, -0.05) is 36.4 Å². The number of amides is 1. The van der Waals surface area contributed by atoms with Crippen LogP contribution in [-0.2, 0) is 20.2 Å². The highest BCUT2D eigenvalue weighted by atomic mass is 32.2. The Balaban J connectivity index is 1.31. The minimum Gasteiger partial charge on any atom is -0.355 e. The maximum Gasteiger partial charge on any atom is 0.252 e. The number of benzene rings is 1. The van der Waals surface area contributed by atoms with Crippen molar-refractivity contribution in [2.75, 3.05) is 19.6 Å². The summed E-state index contributed by atoms with van der Waals surface area (Å²) < 4.78 is 27.1. The summed E-state index contributed by atoms with van der Waals surface area (Å²) in [5.41, 5.74) is 1.39. The van der Waals surface area contributed by atoms with Crippen molar-refractivity contribution in [1.29, 1.82) is 0 Å². The van der Waals surface area contributed by atoms with E-state index in [1.807, 2.05) is 18.2 Å². The monoisotopic (exact) mass is 404 g/mol. The van der Waals surface area contributed by atoms with Gasteiger partial charge in [0.05, 0.1) is 0 Å². The molecule has 0 radical (unpaired) electrons. The van der Waals surface area contributed by atoms with E-state index in [1.54, 1.807) is 17.5 Å². The molecule has 2 aliphatic rings. The average Bonchev–Trinajstić information content (AvgIpc) is 3.28. The smallest absolute Gasteiger partial charge is 0.252 e. The highest BCUT2D eigenvalue weighted by Gasteiger charge is 2.44. The van der Waals surface area contributed by atoms with Crippen LogP contribution in [0.5, 0.6) is 0 Å². The van der Waals surface area contributed by atoms with E-state index < -0.39 is 10.0 Å². The van der Waals surface area contributed by atoms with Crippen molar-refractivity contribution in [3.63, 3.8) is 0 Å². The predicted molar refractivity (Wildman–Crippen MR) is 106 cm³/mol. The molecule has 1 saturated carbocycles. The van der Waals surface area contributed by atoms with Gasteiger partial charge in [0.2, 0.25) is 5.91 Å². The Bertz CT molecular complexity index is 883. The molecule has 4 rings (SSSR count). The number of hydrogen-bond acceptors (Lipinski definition) is 4. The molecule has 7 heteroatoms. The van der Waals surface area contributed by atoms with Gasteiger partial charge in [-0.2, -0.15) is 4.31 Å². The normalized spacial score (nSPS) is 20.3. The topological polar surface area (TPSA) is 66.5 Å². The highest BCUT2D eigenvalue weighted by molar-refractivity contribution is 7.91. The van der Waals surface area contributed by atoms with Crippen LogP contribution in [0.15, 0.2) is 52.1 Å². The summed E-state index contributed by atoms with van der Waals surface area (Å²) >= 11 is 1.24. The fraction of sp³-hybridized carbons (Fsp3) is 0.450. The van der Waals surface area contributed by atoms with Gasteiger partial charge in [-0.15, -0.1) is 11.3 Å². The van der Waals surface area contributed by atoms with Crippen molar-refractivity contribution in [3.8, 4) is 0 Å². The number of carbonyl (C=O) groups is 1. The Morgan fingerprint density at radius 3 is 2.41 bits per heavy atom. The highest BCUT2D eigenvalue weighted by Crippen LogP contribution is 2.47. The van der Waals surface area contributed by atoms with Crippen LogP contribution in [0.2, 0.25) is 0 Å². The molecule has 1 amide bonds.